The van der Waals surface area contributed by atoms with Gasteiger partial charge in [-0.3, -0.25) is 0 Å². The highest BCUT2D eigenvalue weighted by Crippen LogP contribution is 2.34. The quantitative estimate of drug-likeness (QED) is 0.692. The molecule has 24 heavy (non-hydrogen) atoms. The standard InChI is InChI=1S/C18H17N5O/c1-12-2-6-14(7-3-12)16-17(23-24)18(21-11-20-16)22-15-8-4-13(10-19)5-9-15/h2-9,11H,10,19H2,1H3,(H,20,21,22). The summed E-state index contributed by atoms with van der Waals surface area (Å²) in [7, 11) is 0. The second kappa shape index (κ2) is 6.97. The second-order valence-corrected chi connectivity index (χ2v) is 5.40. The number of anilines is 2. The molecule has 0 amide bonds. The molecule has 0 fully saturated rings. The smallest absolute Gasteiger partial charge is 0.176 e. The molecular weight excluding hydrogens is 302 g/mol. The van der Waals surface area contributed by atoms with E-state index in [1.807, 2.05) is 55.5 Å². The predicted molar refractivity (Wildman–Crippen MR) is 95.3 cm³/mol. The first-order valence-corrected chi connectivity index (χ1v) is 7.52. The van der Waals surface area contributed by atoms with Gasteiger partial charge in [0.25, 0.3) is 0 Å². The molecule has 0 atom stereocenters. The summed E-state index contributed by atoms with van der Waals surface area (Å²) in [4.78, 5) is 19.8. The summed E-state index contributed by atoms with van der Waals surface area (Å²) >= 11 is 0. The van der Waals surface area contributed by atoms with Crippen LogP contribution in [0.1, 0.15) is 11.1 Å². The maximum absolute atomic E-state index is 11.4. The third-order valence-corrected chi connectivity index (χ3v) is 3.69. The molecule has 6 nitrogen and oxygen atoms in total. The molecule has 0 saturated heterocycles. The van der Waals surface area contributed by atoms with Gasteiger partial charge in [-0.2, -0.15) is 0 Å². The molecule has 0 spiro atoms. The molecular formula is C18H17N5O. The van der Waals surface area contributed by atoms with Crippen LogP contribution in [0.5, 0.6) is 0 Å². The van der Waals surface area contributed by atoms with E-state index in [0.717, 1.165) is 22.4 Å². The highest BCUT2D eigenvalue weighted by Gasteiger charge is 2.14. The Kier molecular flexibility index (Phi) is 4.58. The fourth-order valence-corrected chi connectivity index (χ4v) is 2.34. The molecule has 1 heterocycles. The summed E-state index contributed by atoms with van der Waals surface area (Å²) in [6.07, 6.45) is 1.42. The number of nitrogens with two attached hydrogens (primary N) is 1. The Morgan fingerprint density at radius 2 is 1.75 bits per heavy atom. The Morgan fingerprint density at radius 1 is 1.04 bits per heavy atom. The number of aromatic nitrogens is 2. The Labute approximate surface area is 139 Å². The molecule has 0 unspecified atom stereocenters. The number of nitrogens with zero attached hydrogens (tertiary/aromatic N) is 3. The van der Waals surface area contributed by atoms with E-state index >= 15 is 0 Å². The monoisotopic (exact) mass is 319 g/mol. The fraction of sp³-hybridized carbons (Fsp3) is 0.111. The lowest BCUT2D eigenvalue weighted by atomic mass is 10.1. The van der Waals surface area contributed by atoms with Crippen LogP contribution in [0.25, 0.3) is 11.3 Å². The SMILES string of the molecule is Cc1ccc(-c2ncnc(Nc3ccc(CN)cc3)c2N=O)cc1. The van der Waals surface area contributed by atoms with Gasteiger partial charge < -0.3 is 11.1 Å². The average Bonchev–Trinajstić information content (AvgIpc) is 2.63. The van der Waals surface area contributed by atoms with Crippen molar-refractivity contribution in [2.24, 2.45) is 10.9 Å². The Hall–Kier alpha value is -3.12. The van der Waals surface area contributed by atoms with Crippen LogP contribution in [-0.2, 0) is 6.54 Å². The Bertz CT molecular complexity index is 844. The topological polar surface area (TPSA) is 93.3 Å². The van der Waals surface area contributed by atoms with Crippen LogP contribution >= 0.6 is 0 Å². The van der Waals surface area contributed by atoms with Crippen molar-refractivity contribution in [2.45, 2.75) is 13.5 Å². The first kappa shape index (κ1) is 15.8. The van der Waals surface area contributed by atoms with Gasteiger partial charge in [-0.05, 0) is 29.8 Å². The molecule has 3 N–H and O–H groups in total. The van der Waals surface area contributed by atoms with Gasteiger partial charge >= 0.3 is 0 Å². The van der Waals surface area contributed by atoms with Crippen molar-refractivity contribution in [3.8, 4) is 11.3 Å². The van der Waals surface area contributed by atoms with Gasteiger partial charge in [-0.25, -0.2) is 9.97 Å². The largest absolute Gasteiger partial charge is 0.338 e. The average molecular weight is 319 g/mol. The van der Waals surface area contributed by atoms with E-state index < -0.39 is 0 Å². The second-order valence-electron chi connectivity index (χ2n) is 5.40. The fourth-order valence-electron chi connectivity index (χ4n) is 2.34. The third-order valence-electron chi connectivity index (χ3n) is 3.69. The molecule has 120 valence electrons. The molecule has 0 radical (unpaired) electrons. The maximum Gasteiger partial charge on any atom is 0.176 e. The van der Waals surface area contributed by atoms with E-state index in [2.05, 4.69) is 20.5 Å². The van der Waals surface area contributed by atoms with Crippen molar-refractivity contribution in [3.63, 3.8) is 0 Å². The number of aryl methyl sites for hydroxylation is 1. The van der Waals surface area contributed by atoms with Gasteiger partial charge in [0.05, 0.1) is 0 Å². The third kappa shape index (κ3) is 3.28. The van der Waals surface area contributed by atoms with Crippen molar-refractivity contribution in [2.75, 3.05) is 5.32 Å². The van der Waals surface area contributed by atoms with Crippen LogP contribution in [0.15, 0.2) is 60.0 Å². The minimum atomic E-state index is 0.184. The lowest BCUT2D eigenvalue weighted by Crippen LogP contribution is -1.99. The van der Waals surface area contributed by atoms with E-state index in [4.69, 9.17) is 5.73 Å². The number of hydrogen-bond acceptors (Lipinski definition) is 6. The van der Waals surface area contributed by atoms with E-state index in [1.54, 1.807) is 0 Å². The molecule has 0 aliphatic carbocycles. The van der Waals surface area contributed by atoms with Crippen LogP contribution in [0.2, 0.25) is 0 Å². The van der Waals surface area contributed by atoms with E-state index in [9.17, 15) is 4.91 Å². The van der Waals surface area contributed by atoms with Crippen LogP contribution in [0.4, 0.5) is 17.2 Å². The maximum atomic E-state index is 11.4. The first-order chi connectivity index (χ1) is 11.7. The molecule has 0 bridgehead atoms. The summed E-state index contributed by atoms with van der Waals surface area (Å²) < 4.78 is 0. The van der Waals surface area contributed by atoms with Crippen molar-refractivity contribution in [1.29, 1.82) is 0 Å². The normalized spacial score (nSPS) is 10.4. The minimum absolute atomic E-state index is 0.184. The zero-order chi connectivity index (χ0) is 16.9. The highest BCUT2D eigenvalue weighted by molar-refractivity contribution is 5.81. The van der Waals surface area contributed by atoms with Crippen LogP contribution in [0.3, 0.4) is 0 Å². The Balaban J connectivity index is 1.97. The summed E-state index contributed by atoms with van der Waals surface area (Å²) in [6.45, 7) is 2.48. The summed E-state index contributed by atoms with van der Waals surface area (Å²) in [5, 5.41) is 6.25. The summed E-state index contributed by atoms with van der Waals surface area (Å²) in [5.74, 6) is 0.371. The van der Waals surface area contributed by atoms with Crippen molar-refractivity contribution in [1.82, 2.24) is 9.97 Å². The van der Waals surface area contributed by atoms with Crippen LogP contribution in [-0.4, -0.2) is 9.97 Å². The van der Waals surface area contributed by atoms with Crippen LogP contribution < -0.4 is 11.1 Å². The lowest BCUT2D eigenvalue weighted by Gasteiger charge is -2.10. The van der Waals surface area contributed by atoms with Gasteiger partial charge in [-0.15, -0.1) is 4.91 Å². The van der Waals surface area contributed by atoms with Crippen molar-refractivity contribution < 1.29 is 0 Å². The number of hydrogen-bond donors (Lipinski definition) is 2. The number of rotatable bonds is 5. The van der Waals surface area contributed by atoms with E-state index in [0.29, 0.717) is 18.1 Å². The number of benzene rings is 2. The summed E-state index contributed by atoms with van der Waals surface area (Å²) in [6, 6.07) is 15.3. The molecule has 0 aliphatic rings. The van der Waals surface area contributed by atoms with Crippen molar-refractivity contribution >= 4 is 17.2 Å². The molecule has 6 heteroatoms. The molecule has 0 saturated carbocycles. The molecule has 3 aromatic rings. The van der Waals surface area contributed by atoms with Crippen molar-refractivity contribution in [3.05, 3.63) is 70.9 Å². The number of nitrogens with one attached hydrogen (secondary N) is 1. The zero-order valence-electron chi connectivity index (χ0n) is 13.2. The Morgan fingerprint density at radius 3 is 2.38 bits per heavy atom. The van der Waals surface area contributed by atoms with Gasteiger partial charge in [0.1, 0.15) is 12.0 Å². The van der Waals surface area contributed by atoms with E-state index in [1.165, 1.54) is 6.33 Å². The molecule has 1 aromatic heterocycles. The molecule has 2 aromatic carbocycles. The summed E-state index contributed by atoms with van der Waals surface area (Å²) in [5.41, 5.74) is 10.1. The lowest BCUT2D eigenvalue weighted by molar-refractivity contribution is 1.07. The highest BCUT2D eigenvalue weighted by atomic mass is 16.3. The molecule has 3 rings (SSSR count). The van der Waals surface area contributed by atoms with Gasteiger partial charge in [0.2, 0.25) is 0 Å². The minimum Gasteiger partial charge on any atom is -0.338 e. The van der Waals surface area contributed by atoms with Gasteiger partial charge in [0, 0.05) is 17.8 Å². The van der Waals surface area contributed by atoms with Crippen LogP contribution in [0, 0.1) is 11.8 Å². The first-order valence-electron chi connectivity index (χ1n) is 7.52. The zero-order valence-corrected chi connectivity index (χ0v) is 13.2. The predicted octanol–water partition coefficient (Wildman–Crippen LogP) is 4.05. The number of nitroso groups, excluding NO2 is 1. The molecule has 0 aliphatic heterocycles. The van der Waals surface area contributed by atoms with Gasteiger partial charge in [-0.1, -0.05) is 42.0 Å². The van der Waals surface area contributed by atoms with Gasteiger partial charge in [0.15, 0.2) is 11.5 Å². The van der Waals surface area contributed by atoms with E-state index in [-0.39, 0.29) is 5.69 Å².